The lowest BCUT2D eigenvalue weighted by Gasteiger charge is -2.22. The molecule has 0 bridgehead atoms. The molecule has 1 aromatic heterocycles. The number of nitrogens with zero attached hydrogens (tertiary/aromatic N) is 3. The van der Waals surface area contributed by atoms with E-state index in [1.54, 1.807) is 0 Å². The average molecular weight is 374 g/mol. The number of hydrogen-bond donors (Lipinski definition) is 2. The smallest absolute Gasteiger partial charge is 0.272 e. The van der Waals surface area contributed by atoms with Crippen molar-refractivity contribution in [2.45, 2.75) is 31.3 Å². The summed E-state index contributed by atoms with van der Waals surface area (Å²) >= 11 is 6.08. The van der Waals surface area contributed by atoms with Gasteiger partial charge in [0.05, 0.1) is 6.04 Å². The van der Waals surface area contributed by atoms with Crippen molar-refractivity contribution in [2.75, 3.05) is 31.1 Å². The first-order valence-corrected chi connectivity index (χ1v) is 9.64. The van der Waals surface area contributed by atoms with Crippen molar-refractivity contribution in [3.05, 3.63) is 47.2 Å². The molecule has 0 radical (unpaired) electrons. The van der Waals surface area contributed by atoms with Gasteiger partial charge < -0.3 is 15.5 Å². The van der Waals surface area contributed by atoms with E-state index in [2.05, 4.69) is 26.7 Å². The van der Waals surface area contributed by atoms with Crippen LogP contribution in [0.1, 0.15) is 35.8 Å². The van der Waals surface area contributed by atoms with Gasteiger partial charge in [-0.15, -0.1) is 0 Å². The van der Waals surface area contributed by atoms with E-state index in [1.807, 2.05) is 35.1 Å². The number of aromatic nitrogens is 2. The zero-order chi connectivity index (χ0) is 17.9. The monoisotopic (exact) mass is 373 g/mol. The summed E-state index contributed by atoms with van der Waals surface area (Å²) in [5.74, 6) is -0.0922. The summed E-state index contributed by atoms with van der Waals surface area (Å²) in [5.41, 5.74) is 1.60. The molecule has 4 rings (SSSR count). The molecule has 0 aliphatic carbocycles. The van der Waals surface area contributed by atoms with Crippen LogP contribution in [-0.2, 0) is 0 Å². The fourth-order valence-electron chi connectivity index (χ4n) is 3.77. The van der Waals surface area contributed by atoms with Crippen molar-refractivity contribution in [1.29, 1.82) is 0 Å². The van der Waals surface area contributed by atoms with E-state index >= 15 is 0 Å². The number of rotatable bonds is 4. The summed E-state index contributed by atoms with van der Waals surface area (Å²) in [7, 11) is 0. The molecular formula is C19H24ClN5O. The zero-order valence-corrected chi connectivity index (χ0v) is 15.5. The Morgan fingerprint density at radius 2 is 2.23 bits per heavy atom. The number of anilines is 1. The molecular weight excluding hydrogens is 350 g/mol. The normalized spacial score (nSPS) is 23.2. The Morgan fingerprint density at radius 1 is 1.31 bits per heavy atom. The van der Waals surface area contributed by atoms with Gasteiger partial charge in [0.2, 0.25) is 0 Å². The van der Waals surface area contributed by atoms with E-state index in [1.165, 1.54) is 0 Å². The van der Waals surface area contributed by atoms with Crippen LogP contribution < -0.4 is 15.5 Å². The molecule has 2 saturated heterocycles. The van der Waals surface area contributed by atoms with Gasteiger partial charge in [-0.25, -0.2) is 0 Å². The molecule has 26 heavy (non-hydrogen) atoms. The Labute approximate surface area is 158 Å². The predicted octanol–water partition coefficient (Wildman–Crippen LogP) is 2.47. The molecule has 0 spiro atoms. The van der Waals surface area contributed by atoms with Gasteiger partial charge in [-0.1, -0.05) is 17.7 Å². The minimum atomic E-state index is -0.0922. The number of amides is 1. The van der Waals surface area contributed by atoms with Crippen molar-refractivity contribution >= 4 is 23.2 Å². The predicted molar refractivity (Wildman–Crippen MR) is 103 cm³/mol. The summed E-state index contributed by atoms with van der Waals surface area (Å²) in [6.45, 7) is 3.68. The van der Waals surface area contributed by atoms with Gasteiger partial charge in [0.1, 0.15) is 5.69 Å². The molecule has 2 aliphatic heterocycles. The molecule has 2 aromatic rings. The van der Waals surface area contributed by atoms with Crippen molar-refractivity contribution in [2.24, 2.45) is 0 Å². The Bertz CT molecular complexity index is 771. The van der Waals surface area contributed by atoms with Crippen LogP contribution in [0, 0.1) is 0 Å². The maximum Gasteiger partial charge on any atom is 0.272 e. The lowest BCUT2D eigenvalue weighted by molar-refractivity contribution is 0.0934. The summed E-state index contributed by atoms with van der Waals surface area (Å²) in [4.78, 5) is 14.8. The number of benzene rings is 1. The summed E-state index contributed by atoms with van der Waals surface area (Å²) in [6, 6.07) is 10.1. The zero-order valence-electron chi connectivity index (χ0n) is 14.7. The average Bonchev–Trinajstić information content (AvgIpc) is 3.32. The molecule has 2 N–H and O–H groups in total. The van der Waals surface area contributed by atoms with E-state index in [0.717, 1.165) is 56.2 Å². The number of hydrogen-bond acceptors (Lipinski definition) is 4. The first-order chi connectivity index (χ1) is 12.7. The summed E-state index contributed by atoms with van der Waals surface area (Å²) in [6.07, 6.45) is 5.09. The highest BCUT2D eigenvalue weighted by Gasteiger charge is 2.25. The van der Waals surface area contributed by atoms with Gasteiger partial charge in [-0.3, -0.25) is 9.48 Å². The molecule has 0 saturated carbocycles. The van der Waals surface area contributed by atoms with Gasteiger partial charge in [0.25, 0.3) is 5.91 Å². The fourth-order valence-corrected chi connectivity index (χ4v) is 3.95. The van der Waals surface area contributed by atoms with E-state index in [4.69, 9.17) is 11.6 Å². The molecule has 138 valence electrons. The van der Waals surface area contributed by atoms with Crippen LogP contribution in [0.3, 0.4) is 0 Å². The van der Waals surface area contributed by atoms with Crippen LogP contribution in [-0.4, -0.2) is 47.9 Å². The second-order valence-electron chi connectivity index (χ2n) is 7.07. The first kappa shape index (κ1) is 17.4. The minimum absolute atomic E-state index is 0.0922. The molecule has 1 aromatic carbocycles. The number of halogens is 1. The van der Waals surface area contributed by atoms with Gasteiger partial charge in [-0.05, 0) is 50.1 Å². The van der Waals surface area contributed by atoms with E-state index in [9.17, 15) is 4.79 Å². The number of nitrogens with one attached hydrogen (secondary N) is 2. The lowest BCUT2D eigenvalue weighted by atomic mass is 10.1. The highest BCUT2D eigenvalue weighted by atomic mass is 35.5. The van der Waals surface area contributed by atoms with Crippen LogP contribution in [0.15, 0.2) is 36.5 Å². The van der Waals surface area contributed by atoms with E-state index < -0.39 is 0 Å². The van der Waals surface area contributed by atoms with E-state index in [-0.39, 0.29) is 11.9 Å². The molecule has 1 amide bonds. The summed E-state index contributed by atoms with van der Waals surface area (Å²) < 4.78 is 1.92. The van der Waals surface area contributed by atoms with E-state index in [0.29, 0.717) is 11.7 Å². The molecule has 2 unspecified atom stereocenters. The molecule has 6 nitrogen and oxygen atoms in total. The van der Waals surface area contributed by atoms with Gasteiger partial charge in [0.15, 0.2) is 0 Å². The summed E-state index contributed by atoms with van der Waals surface area (Å²) in [5, 5.41) is 11.7. The highest BCUT2D eigenvalue weighted by molar-refractivity contribution is 6.30. The van der Waals surface area contributed by atoms with Crippen molar-refractivity contribution in [3.63, 3.8) is 0 Å². The van der Waals surface area contributed by atoms with Crippen LogP contribution in [0.25, 0.3) is 0 Å². The third kappa shape index (κ3) is 3.86. The maximum absolute atomic E-state index is 12.6. The SMILES string of the molecule is O=C(NC1CCN(c2cccc(Cl)c2)C1)c1ccn(C2CCCNC2)n1. The second-order valence-corrected chi connectivity index (χ2v) is 7.50. The molecule has 7 heteroatoms. The van der Waals surface area contributed by atoms with Crippen LogP contribution >= 0.6 is 11.6 Å². The van der Waals surface area contributed by atoms with Crippen molar-refractivity contribution in [1.82, 2.24) is 20.4 Å². The highest BCUT2D eigenvalue weighted by Crippen LogP contribution is 2.23. The van der Waals surface area contributed by atoms with Crippen LogP contribution in [0.5, 0.6) is 0 Å². The minimum Gasteiger partial charge on any atom is -0.369 e. The topological polar surface area (TPSA) is 62.2 Å². The first-order valence-electron chi connectivity index (χ1n) is 9.26. The number of carbonyl (C=O) groups is 1. The Morgan fingerprint density at radius 3 is 3.04 bits per heavy atom. The van der Waals surface area contributed by atoms with Gasteiger partial charge in [0, 0.05) is 42.6 Å². The third-order valence-corrected chi connectivity index (χ3v) is 5.42. The van der Waals surface area contributed by atoms with Gasteiger partial charge >= 0.3 is 0 Å². The Hall–Kier alpha value is -2.05. The fraction of sp³-hybridized carbons (Fsp3) is 0.474. The standard InChI is InChI=1S/C19H24ClN5O/c20-14-3-1-4-16(11-14)24-9-6-15(13-24)22-19(26)18-7-10-25(23-18)17-5-2-8-21-12-17/h1,3-4,7,10-11,15,17,21H,2,5-6,8-9,12-13H2,(H,22,26). The van der Waals surface area contributed by atoms with Crippen molar-refractivity contribution < 1.29 is 4.79 Å². The maximum atomic E-state index is 12.6. The Balaban J connectivity index is 1.34. The molecule has 3 heterocycles. The quantitative estimate of drug-likeness (QED) is 0.864. The molecule has 2 aliphatic rings. The largest absolute Gasteiger partial charge is 0.369 e. The lowest BCUT2D eigenvalue weighted by Crippen LogP contribution is -2.37. The third-order valence-electron chi connectivity index (χ3n) is 5.18. The molecule has 2 atom stereocenters. The molecule has 2 fully saturated rings. The van der Waals surface area contributed by atoms with Crippen LogP contribution in [0.4, 0.5) is 5.69 Å². The van der Waals surface area contributed by atoms with Crippen LogP contribution in [0.2, 0.25) is 5.02 Å². The Kier molecular flexibility index (Phi) is 5.13. The number of carbonyl (C=O) groups excluding carboxylic acids is 1. The second kappa shape index (κ2) is 7.68. The van der Waals surface area contributed by atoms with Gasteiger partial charge in [-0.2, -0.15) is 5.10 Å². The number of piperidine rings is 1. The van der Waals surface area contributed by atoms with Crippen molar-refractivity contribution in [3.8, 4) is 0 Å².